The standard InChI is InChI=1S/C24H22N2O4S/c1-14-8-10-31-23(14)20-19(21(27)17-6-7-18(30-3)15(2)11-17)22(28)24(29)26(20)13-16-5-4-9-25-12-16/h4-12,20,27H,13H2,1-3H3/b21-19-. The molecule has 0 saturated carbocycles. The highest BCUT2D eigenvalue weighted by Gasteiger charge is 2.47. The average molecular weight is 435 g/mol. The maximum absolute atomic E-state index is 13.1. The number of amides is 1. The molecule has 0 spiro atoms. The molecule has 1 atom stereocenters. The van der Waals surface area contributed by atoms with E-state index in [4.69, 9.17) is 4.74 Å². The second kappa shape index (κ2) is 8.35. The molecule has 3 aromatic rings. The monoisotopic (exact) mass is 434 g/mol. The number of ether oxygens (including phenoxy) is 1. The van der Waals surface area contributed by atoms with Gasteiger partial charge in [-0.25, -0.2) is 0 Å². The number of methoxy groups -OCH3 is 1. The van der Waals surface area contributed by atoms with Gasteiger partial charge in [-0.05, 0) is 66.2 Å². The topological polar surface area (TPSA) is 79.7 Å². The molecule has 3 heterocycles. The number of hydrogen-bond acceptors (Lipinski definition) is 6. The van der Waals surface area contributed by atoms with Crippen LogP contribution in [0.15, 0.2) is 59.7 Å². The molecule has 158 valence electrons. The Labute approximate surface area is 184 Å². The normalized spacial score (nSPS) is 17.9. The van der Waals surface area contributed by atoms with Crippen molar-refractivity contribution in [2.75, 3.05) is 7.11 Å². The summed E-state index contributed by atoms with van der Waals surface area (Å²) in [5, 5.41) is 13.1. The summed E-state index contributed by atoms with van der Waals surface area (Å²) < 4.78 is 5.29. The summed E-state index contributed by atoms with van der Waals surface area (Å²) in [7, 11) is 1.57. The van der Waals surface area contributed by atoms with Crippen LogP contribution >= 0.6 is 11.3 Å². The molecule has 31 heavy (non-hydrogen) atoms. The van der Waals surface area contributed by atoms with Crippen molar-refractivity contribution in [2.24, 2.45) is 0 Å². The zero-order valence-electron chi connectivity index (χ0n) is 17.5. The molecule has 1 aliphatic heterocycles. The summed E-state index contributed by atoms with van der Waals surface area (Å²) in [6, 6.07) is 10.1. The molecule has 7 heteroatoms. The van der Waals surface area contributed by atoms with Crippen LogP contribution in [0.4, 0.5) is 0 Å². The third-order valence-corrected chi connectivity index (χ3v) is 6.51. The SMILES string of the molecule is COc1ccc(/C(O)=C2/C(=O)C(=O)N(Cc3cccnc3)C2c2sccc2C)cc1C. The average Bonchev–Trinajstić information content (AvgIpc) is 3.29. The lowest BCUT2D eigenvalue weighted by molar-refractivity contribution is -0.140. The van der Waals surface area contributed by atoms with Crippen molar-refractivity contribution in [1.29, 1.82) is 0 Å². The molecule has 1 aromatic carbocycles. The van der Waals surface area contributed by atoms with Gasteiger partial charge in [0, 0.05) is 29.4 Å². The number of rotatable bonds is 5. The lowest BCUT2D eigenvalue weighted by Gasteiger charge is -2.25. The van der Waals surface area contributed by atoms with Gasteiger partial charge in [0.05, 0.1) is 12.7 Å². The Bertz CT molecular complexity index is 1180. The summed E-state index contributed by atoms with van der Waals surface area (Å²) in [4.78, 5) is 32.6. The van der Waals surface area contributed by atoms with Crippen LogP contribution in [0.5, 0.6) is 5.75 Å². The van der Waals surface area contributed by atoms with Crippen molar-refractivity contribution in [2.45, 2.75) is 26.4 Å². The Morgan fingerprint density at radius 3 is 2.61 bits per heavy atom. The Balaban J connectivity index is 1.86. The van der Waals surface area contributed by atoms with Crippen LogP contribution < -0.4 is 4.74 Å². The first-order chi connectivity index (χ1) is 14.9. The van der Waals surface area contributed by atoms with E-state index in [0.29, 0.717) is 11.3 Å². The van der Waals surface area contributed by atoms with Crippen molar-refractivity contribution in [3.05, 3.63) is 86.9 Å². The number of pyridine rings is 1. The number of benzene rings is 1. The molecule has 1 amide bonds. The number of carbonyl (C=O) groups is 2. The van der Waals surface area contributed by atoms with E-state index in [1.54, 1.807) is 43.8 Å². The first-order valence-corrected chi connectivity index (χ1v) is 10.7. The first kappa shape index (κ1) is 20.8. The van der Waals surface area contributed by atoms with Gasteiger partial charge < -0.3 is 14.7 Å². The van der Waals surface area contributed by atoms with Gasteiger partial charge in [0.1, 0.15) is 17.6 Å². The molecule has 0 bridgehead atoms. The van der Waals surface area contributed by atoms with Crippen LogP contribution in [0.2, 0.25) is 0 Å². The summed E-state index contributed by atoms with van der Waals surface area (Å²) in [6.45, 7) is 4.02. The summed E-state index contributed by atoms with van der Waals surface area (Å²) in [5.41, 5.74) is 3.16. The van der Waals surface area contributed by atoms with Crippen molar-refractivity contribution in [3.8, 4) is 5.75 Å². The molecule has 1 aliphatic rings. The Morgan fingerprint density at radius 1 is 1.19 bits per heavy atom. The lowest BCUT2D eigenvalue weighted by atomic mass is 9.97. The molecular formula is C24H22N2O4S. The molecule has 1 N–H and O–H groups in total. The van der Waals surface area contributed by atoms with Crippen LogP contribution in [0.25, 0.3) is 5.76 Å². The molecule has 0 aliphatic carbocycles. The number of hydrogen-bond donors (Lipinski definition) is 1. The fourth-order valence-electron chi connectivity index (χ4n) is 3.85. The maximum Gasteiger partial charge on any atom is 0.295 e. The number of aromatic nitrogens is 1. The molecule has 1 fully saturated rings. The van der Waals surface area contributed by atoms with Crippen LogP contribution in [0.3, 0.4) is 0 Å². The van der Waals surface area contributed by atoms with Crippen LogP contribution in [0, 0.1) is 13.8 Å². The van der Waals surface area contributed by atoms with Crippen LogP contribution in [-0.2, 0) is 16.1 Å². The van der Waals surface area contributed by atoms with Gasteiger partial charge in [-0.3, -0.25) is 14.6 Å². The van der Waals surface area contributed by atoms with Gasteiger partial charge in [-0.2, -0.15) is 0 Å². The van der Waals surface area contributed by atoms with E-state index in [0.717, 1.165) is 21.6 Å². The Kier molecular flexibility index (Phi) is 5.61. The highest BCUT2D eigenvalue weighted by molar-refractivity contribution is 7.10. The van der Waals surface area contributed by atoms with E-state index in [9.17, 15) is 14.7 Å². The Morgan fingerprint density at radius 2 is 2.00 bits per heavy atom. The van der Waals surface area contributed by atoms with Crippen LogP contribution in [0.1, 0.15) is 33.2 Å². The van der Waals surface area contributed by atoms with Crippen molar-refractivity contribution < 1.29 is 19.4 Å². The van der Waals surface area contributed by atoms with Crippen molar-refractivity contribution >= 4 is 28.8 Å². The second-order valence-electron chi connectivity index (χ2n) is 7.44. The number of thiophene rings is 1. The zero-order chi connectivity index (χ0) is 22.1. The van der Waals surface area contributed by atoms with Gasteiger partial charge in [-0.1, -0.05) is 6.07 Å². The number of ketones is 1. The fraction of sp³-hybridized carbons (Fsp3) is 0.208. The van der Waals surface area contributed by atoms with E-state index in [2.05, 4.69) is 4.98 Å². The van der Waals surface area contributed by atoms with Gasteiger partial charge in [0.25, 0.3) is 11.7 Å². The quantitative estimate of drug-likeness (QED) is 0.366. The number of Topliss-reactive ketones (excluding diaryl/α,β-unsaturated/α-hetero) is 1. The van der Waals surface area contributed by atoms with Gasteiger partial charge >= 0.3 is 0 Å². The van der Waals surface area contributed by atoms with Gasteiger partial charge in [0.15, 0.2) is 0 Å². The molecule has 2 aromatic heterocycles. The third kappa shape index (κ3) is 3.72. The summed E-state index contributed by atoms with van der Waals surface area (Å²) in [5.74, 6) is -0.823. The summed E-state index contributed by atoms with van der Waals surface area (Å²) >= 11 is 1.46. The third-order valence-electron chi connectivity index (χ3n) is 5.43. The molecule has 1 unspecified atom stereocenters. The maximum atomic E-state index is 13.1. The number of aliphatic hydroxyl groups excluding tert-OH is 1. The number of aryl methyl sites for hydroxylation is 2. The van der Waals surface area contributed by atoms with E-state index in [1.165, 1.54) is 16.2 Å². The number of carbonyl (C=O) groups excluding carboxylic acids is 2. The van der Waals surface area contributed by atoms with E-state index >= 15 is 0 Å². The predicted molar refractivity (Wildman–Crippen MR) is 119 cm³/mol. The smallest absolute Gasteiger partial charge is 0.295 e. The molecular weight excluding hydrogens is 412 g/mol. The highest BCUT2D eigenvalue weighted by Crippen LogP contribution is 2.43. The second-order valence-corrected chi connectivity index (χ2v) is 8.39. The molecule has 0 radical (unpaired) electrons. The summed E-state index contributed by atoms with van der Waals surface area (Å²) in [6.07, 6.45) is 3.33. The van der Waals surface area contributed by atoms with E-state index in [1.807, 2.05) is 31.4 Å². The molecule has 1 saturated heterocycles. The van der Waals surface area contributed by atoms with Gasteiger partial charge in [-0.15, -0.1) is 11.3 Å². The first-order valence-electron chi connectivity index (χ1n) is 9.78. The number of likely N-dealkylation sites (tertiary alicyclic amines) is 1. The molecule has 4 rings (SSSR count). The largest absolute Gasteiger partial charge is 0.507 e. The van der Waals surface area contributed by atoms with Crippen LogP contribution in [-0.4, -0.2) is 33.8 Å². The van der Waals surface area contributed by atoms with Gasteiger partial charge in [0.2, 0.25) is 0 Å². The minimum atomic E-state index is -0.687. The molecule has 6 nitrogen and oxygen atoms in total. The zero-order valence-corrected chi connectivity index (χ0v) is 18.3. The lowest BCUT2D eigenvalue weighted by Crippen LogP contribution is -2.29. The minimum Gasteiger partial charge on any atom is -0.507 e. The minimum absolute atomic E-state index is 0.101. The Hall–Kier alpha value is -3.45. The van der Waals surface area contributed by atoms with E-state index in [-0.39, 0.29) is 17.9 Å². The van der Waals surface area contributed by atoms with E-state index < -0.39 is 17.7 Å². The fourth-order valence-corrected chi connectivity index (χ4v) is 4.90. The number of nitrogens with zero attached hydrogens (tertiary/aromatic N) is 2. The van der Waals surface area contributed by atoms with Crippen molar-refractivity contribution in [1.82, 2.24) is 9.88 Å². The number of aliphatic hydroxyl groups is 1. The highest BCUT2D eigenvalue weighted by atomic mass is 32.1. The van der Waals surface area contributed by atoms with Crippen molar-refractivity contribution in [3.63, 3.8) is 0 Å². The predicted octanol–water partition coefficient (Wildman–Crippen LogP) is 4.39.